The molecule has 0 saturated carbocycles. The van der Waals surface area contributed by atoms with E-state index in [0.717, 1.165) is 0 Å². The fraction of sp³-hybridized carbons (Fsp3) is 0.214. The zero-order valence-electron chi connectivity index (χ0n) is 11.5. The van der Waals surface area contributed by atoms with Crippen molar-refractivity contribution in [2.45, 2.75) is 20.5 Å². The molecule has 0 fully saturated rings. The standard InChI is InChI=1S/C14H12N2O5/c1-8-13(9(2)20-15-8)14(17)19-7-10-6-12(21-16-10)11-4-3-5-18-11/h3-6H,7H2,1-2H3. The average Bonchev–Trinajstić information content (AvgIpc) is 3.17. The van der Waals surface area contributed by atoms with Gasteiger partial charge in [-0.05, 0) is 26.0 Å². The molecule has 0 bridgehead atoms. The molecule has 7 heteroatoms. The SMILES string of the molecule is Cc1noc(C)c1C(=O)OCc1cc(-c2ccco2)on1. The minimum Gasteiger partial charge on any atom is -0.461 e. The van der Waals surface area contributed by atoms with Crippen molar-refractivity contribution < 1.29 is 23.0 Å². The third kappa shape index (κ3) is 2.58. The highest BCUT2D eigenvalue weighted by Gasteiger charge is 2.19. The molecular formula is C14H12N2O5. The summed E-state index contributed by atoms with van der Waals surface area (Å²) in [7, 11) is 0. The summed E-state index contributed by atoms with van der Waals surface area (Å²) < 4.78 is 20.4. The molecule has 21 heavy (non-hydrogen) atoms. The molecule has 7 nitrogen and oxygen atoms in total. The highest BCUT2D eigenvalue weighted by molar-refractivity contribution is 5.91. The first kappa shape index (κ1) is 13.2. The van der Waals surface area contributed by atoms with Gasteiger partial charge < -0.3 is 18.2 Å². The van der Waals surface area contributed by atoms with E-state index in [1.807, 2.05) is 0 Å². The van der Waals surface area contributed by atoms with Gasteiger partial charge in [0.1, 0.15) is 23.6 Å². The van der Waals surface area contributed by atoms with E-state index in [1.165, 1.54) is 6.26 Å². The summed E-state index contributed by atoms with van der Waals surface area (Å²) in [5, 5.41) is 7.53. The minimum absolute atomic E-state index is 0.00684. The maximum atomic E-state index is 12.0. The molecule has 0 radical (unpaired) electrons. The molecule has 3 aromatic heterocycles. The van der Waals surface area contributed by atoms with Crippen LogP contribution >= 0.6 is 0 Å². The Hall–Kier alpha value is -2.83. The van der Waals surface area contributed by atoms with Crippen LogP contribution in [0.25, 0.3) is 11.5 Å². The summed E-state index contributed by atoms with van der Waals surface area (Å²) in [5.74, 6) is 0.955. The predicted octanol–water partition coefficient (Wildman–Crippen LogP) is 2.90. The molecular weight excluding hydrogens is 276 g/mol. The van der Waals surface area contributed by atoms with Gasteiger partial charge in [-0.2, -0.15) is 0 Å². The number of aromatic nitrogens is 2. The Balaban J connectivity index is 1.67. The van der Waals surface area contributed by atoms with Crippen LogP contribution in [-0.4, -0.2) is 16.3 Å². The van der Waals surface area contributed by atoms with Crippen LogP contribution in [0.4, 0.5) is 0 Å². The summed E-state index contributed by atoms with van der Waals surface area (Å²) in [6, 6.07) is 5.15. The summed E-state index contributed by atoms with van der Waals surface area (Å²) in [6.45, 7) is 3.33. The molecule has 0 atom stereocenters. The maximum Gasteiger partial charge on any atom is 0.344 e. The first-order valence-electron chi connectivity index (χ1n) is 6.24. The lowest BCUT2D eigenvalue weighted by atomic mass is 10.2. The van der Waals surface area contributed by atoms with Gasteiger partial charge in [0, 0.05) is 6.07 Å². The third-order valence-electron chi connectivity index (χ3n) is 2.91. The van der Waals surface area contributed by atoms with E-state index < -0.39 is 5.97 Å². The zero-order chi connectivity index (χ0) is 14.8. The summed E-state index contributed by atoms with van der Waals surface area (Å²) in [5.41, 5.74) is 1.32. The van der Waals surface area contributed by atoms with Crippen LogP contribution in [0.2, 0.25) is 0 Å². The number of aryl methyl sites for hydroxylation is 2. The van der Waals surface area contributed by atoms with Gasteiger partial charge in [0.2, 0.25) is 5.76 Å². The molecule has 0 amide bonds. The molecule has 0 spiro atoms. The number of carbonyl (C=O) groups excluding carboxylic acids is 1. The summed E-state index contributed by atoms with van der Waals surface area (Å²) >= 11 is 0. The van der Waals surface area contributed by atoms with Crippen molar-refractivity contribution in [3.05, 3.63) is 47.2 Å². The van der Waals surface area contributed by atoms with Crippen molar-refractivity contribution in [2.75, 3.05) is 0 Å². The lowest BCUT2D eigenvalue weighted by Crippen LogP contribution is -2.07. The van der Waals surface area contributed by atoms with Crippen LogP contribution < -0.4 is 0 Å². The van der Waals surface area contributed by atoms with Crippen molar-refractivity contribution in [1.82, 2.24) is 10.3 Å². The van der Waals surface area contributed by atoms with Gasteiger partial charge in [-0.15, -0.1) is 0 Å². The number of rotatable bonds is 4. The molecule has 3 aromatic rings. The van der Waals surface area contributed by atoms with Gasteiger partial charge in [0.25, 0.3) is 0 Å². The molecule has 3 rings (SSSR count). The molecule has 0 aliphatic heterocycles. The fourth-order valence-electron chi connectivity index (χ4n) is 1.90. The first-order chi connectivity index (χ1) is 10.1. The van der Waals surface area contributed by atoms with Crippen LogP contribution in [0.15, 0.2) is 37.9 Å². The average molecular weight is 288 g/mol. The van der Waals surface area contributed by atoms with E-state index in [1.54, 1.807) is 32.0 Å². The van der Waals surface area contributed by atoms with E-state index in [0.29, 0.717) is 34.2 Å². The van der Waals surface area contributed by atoms with Gasteiger partial charge in [-0.25, -0.2) is 4.79 Å². The first-order valence-corrected chi connectivity index (χ1v) is 6.24. The molecule has 0 saturated heterocycles. The van der Waals surface area contributed by atoms with E-state index in [-0.39, 0.29) is 6.61 Å². The van der Waals surface area contributed by atoms with Gasteiger partial charge in [-0.1, -0.05) is 10.3 Å². The summed E-state index contributed by atoms with van der Waals surface area (Å²) in [4.78, 5) is 12.0. The lowest BCUT2D eigenvalue weighted by Gasteiger charge is -2.00. The normalized spacial score (nSPS) is 10.8. The van der Waals surface area contributed by atoms with Gasteiger partial charge >= 0.3 is 5.97 Å². The smallest absolute Gasteiger partial charge is 0.344 e. The molecule has 0 aromatic carbocycles. The van der Waals surface area contributed by atoms with Crippen LogP contribution in [0.1, 0.15) is 27.5 Å². The highest BCUT2D eigenvalue weighted by atomic mass is 16.5. The van der Waals surface area contributed by atoms with E-state index in [2.05, 4.69) is 10.3 Å². The Morgan fingerprint density at radius 3 is 2.76 bits per heavy atom. The number of furan rings is 1. The lowest BCUT2D eigenvalue weighted by molar-refractivity contribution is 0.0461. The second-order valence-corrected chi connectivity index (χ2v) is 4.44. The predicted molar refractivity (Wildman–Crippen MR) is 69.3 cm³/mol. The van der Waals surface area contributed by atoms with Crippen molar-refractivity contribution in [3.63, 3.8) is 0 Å². The second kappa shape index (κ2) is 5.28. The molecule has 0 aliphatic carbocycles. The van der Waals surface area contributed by atoms with Gasteiger partial charge in [0.05, 0.1) is 12.0 Å². The van der Waals surface area contributed by atoms with Crippen LogP contribution in [0, 0.1) is 13.8 Å². The fourth-order valence-corrected chi connectivity index (χ4v) is 1.90. The van der Waals surface area contributed by atoms with Crippen molar-refractivity contribution in [2.24, 2.45) is 0 Å². The Morgan fingerprint density at radius 2 is 2.10 bits per heavy atom. The van der Waals surface area contributed by atoms with Crippen LogP contribution in [-0.2, 0) is 11.3 Å². The van der Waals surface area contributed by atoms with Gasteiger partial charge in [-0.3, -0.25) is 0 Å². The number of hydrogen-bond acceptors (Lipinski definition) is 7. The zero-order valence-corrected chi connectivity index (χ0v) is 11.5. The summed E-state index contributed by atoms with van der Waals surface area (Å²) in [6.07, 6.45) is 1.54. The molecule has 0 aliphatic rings. The Bertz CT molecular complexity index is 735. The Morgan fingerprint density at radius 1 is 1.24 bits per heavy atom. The van der Waals surface area contributed by atoms with E-state index in [4.69, 9.17) is 18.2 Å². The third-order valence-corrected chi connectivity index (χ3v) is 2.91. The number of esters is 1. The van der Waals surface area contributed by atoms with Crippen molar-refractivity contribution in [3.8, 4) is 11.5 Å². The molecule has 0 N–H and O–H groups in total. The number of ether oxygens (including phenoxy) is 1. The second-order valence-electron chi connectivity index (χ2n) is 4.44. The largest absolute Gasteiger partial charge is 0.461 e. The number of nitrogens with zero attached hydrogens (tertiary/aromatic N) is 2. The van der Waals surface area contributed by atoms with Gasteiger partial charge in [0.15, 0.2) is 5.76 Å². The molecule has 3 heterocycles. The highest BCUT2D eigenvalue weighted by Crippen LogP contribution is 2.21. The monoisotopic (exact) mass is 288 g/mol. The van der Waals surface area contributed by atoms with Crippen molar-refractivity contribution in [1.29, 1.82) is 0 Å². The number of hydrogen-bond donors (Lipinski definition) is 0. The van der Waals surface area contributed by atoms with E-state index in [9.17, 15) is 4.79 Å². The maximum absolute atomic E-state index is 12.0. The van der Waals surface area contributed by atoms with Crippen molar-refractivity contribution >= 4 is 5.97 Å². The Labute approximate surface area is 119 Å². The molecule has 108 valence electrons. The molecule has 0 unspecified atom stereocenters. The minimum atomic E-state index is -0.506. The van der Waals surface area contributed by atoms with E-state index >= 15 is 0 Å². The number of carbonyl (C=O) groups is 1. The quantitative estimate of drug-likeness (QED) is 0.681. The Kier molecular flexibility index (Phi) is 3.31. The van der Waals surface area contributed by atoms with Crippen LogP contribution in [0.5, 0.6) is 0 Å². The van der Waals surface area contributed by atoms with Crippen LogP contribution in [0.3, 0.4) is 0 Å². The topological polar surface area (TPSA) is 91.5 Å².